The van der Waals surface area contributed by atoms with E-state index in [4.69, 9.17) is 33.2 Å². The van der Waals surface area contributed by atoms with Gasteiger partial charge in [-0.2, -0.15) is 4.98 Å². The van der Waals surface area contributed by atoms with Crippen molar-refractivity contribution in [3.05, 3.63) is 70.7 Å². The molecular weight excluding hydrogens is 405 g/mol. The first-order valence-corrected chi connectivity index (χ1v) is 10.4. The van der Waals surface area contributed by atoms with Gasteiger partial charge in [0.1, 0.15) is 5.82 Å². The maximum atomic E-state index is 6.33. The van der Waals surface area contributed by atoms with E-state index in [-0.39, 0.29) is 0 Å². The van der Waals surface area contributed by atoms with Crippen molar-refractivity contribution >= 4 is 45.9 Å². The number of anilines is 2. The summed E-state index contributed by atoms with van der Waals surface area (Å²) in [4.78, 5) is 14.2. The van der Waals surface area contributed by atoms with Gasteiger partial charge in [-0.25, -0.2) is 4.98 Å². The number of nitrogens with one attached hydrogen (secondary N) is 1. The summed E-state index contributed by atoms with van der Waals surface area (Å²) in [7, 11) is 0. The molecule has 150 valence electrons. The van der Waals surface area contributed by atoms with E-state index in [0.29, 0.717) is 11.6 Å². The summed E-state index contributed by atoms with van der Waals surface area (Å²) in [6.45, 7) is 8.83. The molecule has 1 aromatic heterocycles. The molecule has 1 aliphatic heterocycles. The summed E-state index contributed by atoms with van der Waals surface area (Å²) in [5.41, 5.74) is 2.04. The summed E-state index contributed by atoms with van der Waals surface area (Å²) in [6.07, 6.45) is 1.83. The first kappa shape index (κ1) is 20.0. The van der Waals surface area contributed by atoms with E-state index in [2.05, 4.69) is 21.7 Å². The van der Waals surface area contributed by atoms with Gasteiger partial charge in [-0.15, -0.1) is 6.58 Å². The molecule has 0 amide bonds. The molecule has 7 heteroatoms. The van der Waals surface area contributed by atoms with Crippen molar-refractivity contribution in [2.45, 2.75) is 6.54 Å². The topological polar surface area (TPSA) is 44.3 Å². The highest BCUT2D eigenvalue weighted by molar-refractivity contribution is 6.35. The maximum absolute atomic E-state index is 6.33. The summed E-state index contributed by atoms with van der Waals surface area (Å²) in [5.74, 6) is 1.61. The van der Waals surface area contributed by atoms with Crippen molar-refractivity contribution in [2.75, 3.05) is 42.9 Å². The largest absolute Gasteiger partial charge is 0.366 e. The van der Waals surface area contributed by atoms with E-state index in [1.807, 2.05) is 42.5 Å². The molecule has 1 saturated heterocycles. The number of rotatable bonds is 6. The van der Waals surface area contributed by atoms with Crippen LogP contribution >= 0.6 is 23.2 Å². The van der Waals surface area contributed by atoms with Gasteiger partial charge in [0.25, 0.3) is 0 Å². The van der Waals surface area contributed by atoms with Crippen LogP contribution in [0.5, 0.6) is 0 Å². The average molecular weight is 428 g/mol. The number of hydrogen-bond donors (Lipinski definition) is 1. The molecule has 3 aromatic rings. The number of benzene rings is 2. The molecule has 0 radical (unpaired) electrons. The fraction of sp³-hybridized carbons (Fsp3) is 0.273. The van der Waals surface area contributed by atoms with E-state index in [1.165, 1.54) is 0 Å². The average Bonchev–Trinajstić information content (AvgIpc) is 2.74. The summed E-state index contributed by atoms with van der Waals surface area (Å²) in [5, 5.41) is 5.74. The van der Waals surface area contributed by atoms with Gasteiger partial charge in [0, 0.05) is 54.7 Å². The minimum absolute atomic E-state index is 0.663. The summed E-state index contributed by atoms with van der Waals surface area (Å²) in [6, 6.07) is 13.8. The van der Waals surface area contributed by atoms with Crippen molar-refractivity contribution in [3.8, 4) is 0 Å². The Morgan fingerprint density at radius 3 is 2.59 bits per heavy atom. The van der Waals surface area contributed by atoms with Crippen LogP contribution in [0.25, 0.3) is 10.9 Å². The number of para-hydroxylation sites is 1. The van der Waals surface area contributed by atoms with Crippen LogP contribution in [0.1, 0.15) is 5.56 Å². The Balaban J connectivity index is 1.48. The van der Waals surface area contributed by atoms with Gasteiger partial charge >= 0.3 is 0 Å². The number of halogens is 2. The number of piperazine rings is 1. The van der Waals surface area contributed by atoms with Crippen LogP contribution in [-0.4, -0.2) is 47.6 Å². The van der Waals surface area contributed by atoms with Crippen molar-refractivity contribution < 1.29 is 0 Å². The van der Waals surface area contributed by atoms with E-state index in [0.717, 1.165) is 66.0 Å². The molecule has 0 aliphatic carbocycles. The van der Waals surface area contributed by atoms with E-state index in [1.54, 1.807) is 6.07 Å². The Hall–Kier alpha value is -2.34. The molecule has 1 aliphatic rings. The van der Waals surface area contributed by atoms with Crippen molar-refractivity contribution in [3.63, 3.8) is 0 Å². The first-order valence-electron chi connectivity index (χ1n) is 9.67. The van der Waals surface area contributed by atoms with E-state index >= 15 is 0 Å². The number of fused-ring (bicyclic) bond motifs is 1. The minimum Gasteiger partial charge on any atom is -0.366 e. The number of nitrogens with zero attached hydrogens (tertiary/aromatic N) is 4. The molecule has 2 aromatic carbocycles. The van der Waals surface area contributed by atoms with Crippen LogP contribution in [0.3, 0.4) is 0 Å². The number of hydrogen-bond acceptors (Lipinski definition) is 5. The summed E-state index contributed by atoms with van der Waals surface area (Å²) < 4.78 is 0. The Kier molecular flexibility index (Phi) is 6.19. The third-order valence-electron chi connectivity index (χ3n) is 5.07. The molecule has 2 heterocycles. The second-order valence-corrected chi connectivity index (χ2v) is 7.90. The quantitative estimate of drug-likeness (QED) is 0.569. The van der Waals surface area contributed by atoms with Crippen LogP contribution in [-0.2, 0) is 6.54 Å². The Bertz CT molecular complexity index is 1020. The highest BCUT2D eigenvalue weighted by Gasteiger charge is 2.21. The lowest BCUT2D eigenvalue weighted by Crippen LogP contribution is -2.46. The molecule has 5 nitrogen and oxygen atoms in total. The van der Waals surface area contributed by atoms with Crippen LogP contribution in [0, 0.1) is 0 Å². The Morgan fingerprint density at radius 1 is 1.03 bits per heavy atom. The fourth-order valence-corrected chi connectivity index (χ4v) is 3.97. The normalized spacial score (nSPS) is 14.9. The van der Waals surface area contributed by atoms with E-state index in [9.17, 15) is 0 Å². The van der Waals surface area contributed by atoms with Gasteiger partial charge in [-0.1, -0.05) is 47.5 Å². The predicted octanol–water partition coefficient (Wildman–Crippen LogP) is 4.86. The Labute approximate surface area is 181 Å². The summed E-state index contributed by atoms with van der Waals surface area (Å²) >= 11 is 12.3. The lowest BCUT2D eigenvalue weighted by molar-refractivity contribution is 0.249. The SMILES string of the molecule is C=CCNc1nc(N2CCN(Cc3ccc(Cl)cc3Cl)CC2)nc2ccccc12. The fourth-order valence-electron chi connectivity index (χ4n) is 3.51. The maximum Gasteiger partial charge on any atom is 0.227 e. The third-order valence-corrected chi connectivity index (χ3v) is 5.66. The van der Waals surface area contributed by atoms with Gasteiger partial charge in [-0.05, 0) is 29.8 Å². The van der Waals surface area contributed by atoms with Gasteiger partial charge in [-0.3, -0.25) is 4.90 Å². The van der Waals surface area contributed by atoms with Crippen molar-refractivity contribution in [1.82, 2.24) is 14.9 Å². The molecule has 29 heavy (non-hydrogen) atoms. The Morgan fingerprint density at radius 2 is 1.83 bits per heavy atom. The molecule has 1 fully saturated rings. The van der Waals surface area contributed by atoms with Crippen molar-refractivity contribution in [1.29, 1.82) is 0 Å². The second-order valence-electron chi connectivity index (χ2n) is 7.06. The van der Waals surface area contributed by atoms with E-state index < -0.39 is 0 Å². The first-order chi connectivity index (χ1) is 14.1. The van der Waals surface area contributed by atoms with Crippen LogP contribution < -0.4 is 10.2 Å². The zero-order chi connectivity index (χ0) is 20.2. The van der Waals surface area contributed by atoms with Crippen molar-refractivity contribution in [2.24, 2.45) is 0 Å². The molecule has 0 unspecified atom stereocenters. The molecule has 1 N–H and O–H groups in total. The smallest absolute Gasteiger partial charge is 0.227 e. The lowest BCUT2D eigenvalue weighted by atomic mass is 10.2. The van der Waals surface area contributed by atoms with Crippen LogP contribution in [0.15, 0.2) is 55.1 Å². The molecule has 0 spiro atoms. The van der Waals surface area contributed by atoms with Gasteiger partial charge in [0.2, 0.25) is 5.95 Å². The number of aromatic nitrogens is 2. The van der Waals surface area contributed by atoms with Gasteiger partial charge in [0.05, 0.1) is 5.52 Å². The zero-order valence-electron chi connectivity index (χ0n) is 16.1. The molecule has 4 rings (SSSR count). The predicted molar refractivity (Wildman–Crippen MR) is 122 cm³/mol. The van der Waals surface area contributed by atoms with Crippen LogP contribution in [0.2, 0.25) is 10.0 Å². The standard InChI is InChI=1S/C22H23Cl2N5/c1-2-9-25-21-18-5-3-4-6-20(18)26-22(27-21)29-12-10-28(11-13-29)15-16-7-8-17(23)14-19(16)24/h2-8,14H,1,9-13,15H2,(H,25,26,27). The molecule has 0 saturated carbocycles. The molecule has 0 bridgehead atoms. The van der Waals surface area contributed by atoms with Gasteiger partial charge in [0.15, 0.2) is 0 Å². The minimum atomic E-state index is 0.663. The second kappa shape index (κ2) is 8.99. The zero-order valence-corrected chi connectivity index (χ0v) is 17.6. The monoisotopic (exact) mass is 427 g/mol. The highest BCUT2D eigenvalue weighted by atomic mass is 35.5. The third kappa shape index (κ3) is 4.64. The molecule has 0 atom stereocenters. The molecular formula is C22H23Cl2N5. The van der Waals surface area contributed by atoms with Crippen LogP contribution in [0.4, 0.5) is 11.8 Å². The highest BCUT2D eigenvalue weighted by Crippen LogP contribution is 2.25. The lowest BCUT2D eigenvalue weighted by Gasteiger charge is -2.35. The van der Waals surface area contributed by atoms with Gasteiger partial charge < -0.3 is 10.2 Å².